The van der Waals surface area contributed by atoms with Crippen LogP contribution in [0.15, 0.2) is 6.20 Å². The van der Waals surface area contributed by atoms with Crippen LogP contribution in [0.5, 0.6) is 0 Å². The molecule has 1 unspecified atom stereocenters. The highest BCUT2D eigenvalue weighted by Gasteiger charge is 2.13. The first kappa shape index (κ1) is 14.2. The molecule has 0 aliphatic heterocycles. The van der Waals surface area contributed by atoms with Gasteiger partial charge in [-0.15, -0.1) is 12.4 Å². The number of nitrogens with zero attached hydrogens (tertiary/aromatic N) is 2. The number of hydrogen-bond donors (Lipinski definition) is 1. The van der Waals surface area contributed by atoms with Gasteiger partial charge < -0.3 is 14.4 Å². The standard InChI is InChI=1S/C8H11ClN2O3.ClH/c1-5(14-4-7(12)13)8-10-6(9)3-11(8)2;/h3,5H,4H2,1-2H3,(H,12,13);1H. The van der Waals surface area contributed by atoms with Gasteiger partial charge in [0.25, 0.3) is 0 Å². The van der Waals surface area contributed by atoms with Crippen LogP contribution in [0, 0.1) is 0 Å². The Hall–Kier alpha value is -0.780. The molecule has 7 heteroatoms. The van der Waals surface area contributed by atoms with Crippen molar-refractivity contribution in [2.24, 2.45) is 7.05 Å². The molecule has 0 aromatic carbocycles. The van der Waals surface area contributed by atoms with Crippen LogP contribution in [0.25, 0.3) is 0 Å². The molecule has 0 aliphatic rings. The van der Waals surface area contributed by atoms with Gasteiger partial charge in [-0.25, -0.2) is 9.78 Å². The van der Waals surface area contributed by atoms with Crippen molar-refractivity contribution in [3.63, 3.8) is 0 Å². The molecule has 1 N–H and O–H groups in total. The predicted octanol–water partition coefficient (Wildman–Crippen LogP) is 1.66. The second-order valence-corrected chi connectivity index (χ2v) is 3.27. The second kappa shape index (κ2) is 5.95. The van der Waals surface area contributed by atoms with Gasteiger partial charge in [0, 0.05) is 13.2 Å². The summed E-state index contributed by atoms with van der Waals surface area (Å²) in [5, 5.41) is 8.77. The average Bonchev–Trinajstić information content (AvgIpc) is 2.41. The van der Waals surface area contributed by atoms with Gasteiger partial charge >= 0.3 is 5.97 Å². The van der Waals surface area contributed by atoms with Crippen LogP contribution in [-0.2, 0) is 16.6 Å². The molecule has 86 valence electrons. The van der Waals surface area contributed by atoms with Gasteiger partial charge in [0.05, 0.1) is 0 Å². The summed E-state index contributed by atoms with van der Waals surface area (Å²) in [6.07, 6.45) is 1.25. The van der Waals surface area contributed by atoms with Crippen molar-refractivity contribution < 1.29 is 14.6 Å². The van der Waals surface area contributed by atoms with Crippen molar-refractivity contribution in [3.8, 4) is 0 Å². The third-order valence-corrected chi connectivity index (χ3v) is 1.89. The number of rotatable bonds is 4. The number of carboxylic acid groups (broad SMARTS) is 1. The smallest absolute Gasteiger partial charge is 0.329 e. The van der Waals surface area contributed by atoms with Gasteiger partial charge in [0.2, 0.25) is 0 Å². The summed E-state index contributed by atoms with van der Waals surface area (Å²) in [5.41, 5.74) is 0. The number of aliphatic carboxylic acids is 1. The lowest BCUT2D eigenvalue weighted by Gasteiger charge is -2.10. The quantitative estimate of drug-likeness (QED) is 0.888. The van der Waals surface area contributed by atoms with Gasteiger partial charge in [-0.1, -0.05) is 11.6 Å². The minimum atomic E-state index is -1.00. The molecule has 0 fully saturated rings. The number of ether oxygens (including phenoxy) is 1. The Kier molecular flexibility index (Phi) is 5.64. The Labute approximate surface area is 98.4 Å². The minimum Gasteiger partial charge on any atom is -0.480 e. The fourth-order valence-corrected chi connectivity index (χ4v) is 1.32. The molecule has 0 amide bonds. The summed E-state index contributed by atoms with van der Waals surface area (Å²) in [6, 6.07) is 0. The van der Waals surface area contributed by atoms with E-state index in [4.69, 9.17) is 21.4 Å². The molecular formula is C8H12Cl2N2O3. The van der Waals surface area contributed by atoms with E-state index in [-0.39, 0.29) is 25.1 Å². The Balaban J connectivity index is 0.00000196. The maximum atomic E-state index is 10.2. The van der Waals surface area contributed by atoms with Crippen LogP contribution in [0.4, 0.5) is 0 Å². The normalized spacial score (nSPS) is 11.9. The van der Waals surface area contributed by atoms with E-state index >= 15 is 0 Å². The van der Waals surface area contributed by atoms with Gasteiger partial charge in [-0.2, -0.15) is 0 Å². The molecule has 15 heavy (non-hydrogen) atoms. The molecule has 5 nitrogen and oxygen atoms in total. The SMILES string of the molecule is CC(OCC(=O)O)c1nc(Cl)cn1C.Cl. The minimum absolute atomic E-state index is 0. The molecule has 1 aromatic heterocycles. The highest BCUT2D eigenvalue weighted by atomic mass is 35.5. The van der Waals surface area contributed by atoms with E-state index in [9.17, 15) is 4.79 Å². The van der Waals surface area contributed by atoms with Crippen LogP contribution in [0.1, 0.15) is 18.9 Å². The summed E-state index contributed by atoms with van der Waals surface area (Å²) in [6.45, 7) is 1.38. The Morgan fingerprint density at radius 3 is 2.80 bits per heavy atom. The summed E-state index contributed by atoms with van der Waals surface area (Å²) < 4.78 is 6.75. The molecule has 1 rings (SSSR count). The van der Waals surface area contributed by atoms with Crippen molar-refractivity contribution in [1.82, 2.24) is 9.55 Å². The van der Waals surface area contributed by atoms with E-state index in [0.717, 1.165) is 0 Å². The van der Waals surface area contributed by atoms with Crippen LogP contribution >= 0.6 is 24.0 Å². The average molecular weight is 255 g/mol. The Morgan fingerprint density at radius 1 is 1.80 bits per heavy atom. The molecular weight excluding hydrogens is 243 g/mol. The summed E-state index contributed by atoms with van der Waals surface area (Å²) in [4.78, 5) is 14.2. The van der Waals surface area contributed by atoms with Crippen LogP contribution in [0.2, 0.25) is 5.15 Å². The van der Waals surface area contributed by atoms with Gasteiger partial charge in [-0.3, -0.25) is 0 Å². The van der Waals surface area contributed by atoms with Gasteiger partial charge in [0.15, 0.2) is 0 Å². The number of aryl methyl sites for hydroxylation is 1. The third-order valence-electron chi connectivity index (χ3n) is 1.70. The van der Waals surface area contributed by atoms with Gasteiger partial charge in [-0.05, 0) is 6.92 Å². The van der Waals surface area contributed by atoms with Gasteiger partial charge in [0.1, 0.15) is 23.7 Å². The molecule has 1 aromatic rings. The maximum Gasteiger partial charge on any atom is 0.329 e. The molecule has 0 radical (unpaired) electrons. The molecule has 1 heterocycles. The summed E-state index contributed by atoms with van der Waals surface area (Å²) in [5.74, 6) is -0.395. The number of carbonyl (C=O) groups is 1. The zero-order chi connectivity index (χ0) is 10.7. The van der Waals surface area contributed by atoms with Crippen LogP contribution in [-0.4, -0.2) is 27.2 Å². The van der Waals surface area contributed by atoms with E-state index in [1.165, 1.54) is 0 Å². The Morgan fingerprint density at radius 2 is 2.40 bits per heavy atom. The van der Waals surface area contributed by atoms with E-state index < -0.39 is 5.97 Å². The lowest BCUT2D eigenvalue weighted by atomic mass is 10.4. The Bertz CT molecular complexity index is 341. The van der Waals surface area contributed by atoms with E-state index in [1.807, 2.05) is 0 Å². The monoisotopic (exact) mass is 254 g/mol. The zero-order valence-corrected chi connectivity index (χ0v) is 9.88. The number of aromatic nitrogens is 2. The first-order valence-electron chi connectivity index (χ1n) is 4.03. The summed E-state index contributed by atoms with van der Waals surface area (Å²) in [7, 11) is 1.77. The lowest BCUT2D eigenvalue weighted by molar-refractivity contribution is -0.144. The number of halogens is 2. The molecule has 0 bridgehead atoms. The second-order valence-electron chi connectivity index (χ2n) is 2.88. The largest absolute Gasteiger partial charge is 0.480 e. The fraction of sp³-hybridized carbons (Fsp3) is 0.500. The molecule has 0 saturated heterocycles. The van der Waals surface area contributed by atoms with Crippen LogP contribution < -0.4 is 0 Å². The van der Waals surface area contributed by atoms with E-state index in [0.29, 0.717) is 11.0 Å². The first-order chi connectivity index (χ1) is 6.50. The van der Waals surface area contributed by atoms with Crippen molar-refractivity contribution >= 4 is 30.0 Å². The highest BCUT2D eigenvalue weighted by molar-refractivity contribution is 6.29. The fourth-order valence-electron chi connectivity index (χ4n) is 1.09. The van der Waals surface area contributed by atoms with E-state index in [1.54, 1.807) is 24.7 Å². The topological polar surface area (TPSA) is 64.3 Å². The highest BCUT2D eigenvalue weighted by Crippen LogP contribution is 2.17. The number of carboxylic acids is 1. The number of imidazole rings is 1. The molecule has 1 atom stereocenters. The molecule has 0 saturated carbocycles. The molecule has 0 aliphatic carbocycles. The maximum absolute atomic E-state index is 10.2. The predicted molar refractivity (Wildman–Crippen MR) is 57.5 cm³/mol. The zero-order valence-electron chi connectivity index (χ0n) is 8.31. The van der Waals surface area contributed by atoms with Crippen LogP contribution in [0.3, 0.4) is 0 Å². The van der Waals surface area contributed by atoms with Crippen molar-refractivity contribution in [2.75, 3.05) is 6.61 Å². The number of hydrogen-bond acceptors (Lipinski definition) is 3. The van der Waals surface area contributed by atoms with Crippen molar-refractivity contribution in [3.05, 3.63) is 17.2 Å². The van der Waals surface area contributed by atoms with Crippen molar-refractivity contribution in [2.45, 2.75) is 13.0 Å². The summed E-state index contributed by atoms with van der Waals surface area (Å²) >= 11 is 5.67. The molecule has 0 spiro atoms. The van der Waals surface area contributed by atoms with E-state index in [2.05, 4.69) is 4.98 Å². The lowest BCUT2D eigenvalue weighted by Crippen LogP contribution is -2.12. The third kappa shape index (κ3) is 4.07. The first-order valence-corrected chi connectivity index (χ1v) is 4.40. The van der Waals surface area contributed by atoms with Crippen molar-refractivity contribution in [1.29, 1.82) is 0 Å².